The number of carbonyl (C=O) groups is 3. The second-order valence-corrected chi connectivity index (χ2v) is 37.1. The summed E-state index contributed by atoms with van der Waals surface area (Å²) in [6.45, 7) is 2.48. The number of hydrogen-bond donors (Lipinski definition) is 4. The number of ether oxygens (including phenoxy) is 3. The van der Waals surface area contributed by atoms with Crippen LogP contribution in [0.1, 0.15) is 432 Å². The number of rotatable bonds is 97. The lowest BCUT2D eigenvalue weighted by Crippen LogP contribution is -2.30. The minimum Gasteiger partial charge on any atom is -0.463 e. The average Bonchev–Trinajstić information content (AvgIpc) is 0.899. The van der Waals surface area contributed by atoms with E-state index in [1.165, 1.54) is 193 Å². The van der Waals surface area contributed by atoms with Crippen molar-refractivity contribution in [3.63, 3.8) is 0 Å². The maximum atomic E-state index is 13.1. The molecular formula is C111H188O16P2. The van der Waals surface area contributed by atoms with Gasteiger partial charge in [0.25, 0.3) is 0 Å². The maximum absolute atomic E-state index is 13.1. The number of esters is 3. The van der Waals surface area contributed by atoms with Gasteiger partial charge >= 0.3 is 33.6 Å². The van der Waals surface area contributed by atoms with Crippen molar-refractivity contribution >= 4 is 33.6 Å². The highest BCUT2D eigenvalue weighted by atomic mass is 31.2. The molecule has 0 amide bonds. The number of aliphatic hydroxyl groups is 2. The Morgan fingerprint density at radius 2 is 0.411 bits per heavy atom. The largest absolute Gasteiger partial charge is 0.472 e. The number of allylic oxidation sites excluding steroid dienone is 32. The fourth-order valence-corrected chi connectivity index (χ4v) is 15.6. The summed E-state index contributed by atoms with van der Waals surface area (Å²) in [5.41, 5.74) is 0. The monoisotopic (exact) mass is 1840 g/mol. The summed E-state index contributed by atoms with van der Waals surface area (Å²) < 4.78 is 61.7. The third-order valence-corrected chi connectivity index (χ3v) is 23.7. The van der Waals surface area contributed by atoms with Gasteiger partial charge in [-0.15, -0.1) is 0 Å². The van der Waals surface area contributed by atoms with Crippen molar-refractivity contribution in [2.75, 3.05) is 39.6 Å². The topological polar surface area (TPSA) is 231 Å². The molecule has 0 saturated heterocycles. The zero-order valence-corrected chi connectivity index (χ0v) is 83.6. The van der Waals surface area contributed by atoms with E-state index >= 15 is 0 Å². The van der Waals surface area contributed by atoms with Crippen molar-refractivity contribution in [1.29, 1.82) is 0 Å². The van der Waals surface area contributed by atoms with Gasteiger partial charge in [-0.2, -0.15) is 0 Å². The lowest BCUT2D eigenvalue weighted by Gasteiger charge is -2.21. The van der Waals surface area contributed by atoms with E-state index < -0.39 is 91.5 Å². The fraction of sp³-hybridized carbons (Fsp3) is 0.685. The number of carbonyl (C=O) groups excluding carboxylic acids is 3. The van der Waals surface area contributed by atoms with E-state index in [0.29, 0.717) is 19.3 Å². The molecule has 16 nitrogen and oxygen atoms in total. The summed E-state index contributed by atoms with van der Waals surface area (Å²) >= 11 is 0. The minimum atomic E-state index is -4.95. The Hall–Kier alpha value is -5.61. The van der Waals surface area contributed by atoms with Crippen molar-refractivity contribution in [2.45, 2.75) is 450 Å². The van der Waals surface area contributed by atoms with E-state index in [9.17, 15) is 43.5 Å². The highest BCUT2D eigenvalue weighted by molar-refractivity contribution is 7.47. The van der Waals surface area contributed by atoms with Crippen LogP contribution in [0.3, 0.4) is 0 Å². The summed E-state index contributed by atoms with van der Waals surface area (Å²) in [4.78, 5) is 59.2. The molecule has 0 aliphatic rings. The molecule has 0 aromatic heterocycles. The Kier molecular flexibility index (Phi) is 97.0. The molecule has 129 heavy (non-hydrogen) atoms. The van der Waals surface area contributed by atoms with Gasteiger partial charge in [-0.1, -0.05) is 440 Å². The first-order valence-electron chi connectivity index (χ1n) is 51.7. The van der Waals surface area contributed by atoms with Gasteiger partial charge in [0, 0.05) is 19.3 Å². The highest BCUT2D eigenvalue weighted by Gasteiger charge is 2.30. The molecule has 0 aromatic carbocycles. The zero-order chi connectivity index (χ0) is 93.5. The SMILES string of the molecule is CC/C=C\C/C=C\C/C=C\C/C=C\C/C=C\C/C=C\CCCCCCCCCCCCCCCCCCC(=O)OCC(O)COP(=O)(O)OCC(O)COP(=O)(O)OCC(COC(=O)CCCCCCCCCCCCCCCCCC/C=C\C/C=C\C/C=C\C/C=C\C/C=C\C/C=C\CC)OC(=O)CCCCCCCCC/C=C\C/C=C\C/C=C\C/C=C\CCCCC. The first kappa shape index (κ1) is 123. The summed E-state index contributed by atoms with van der Waals surface area (Å²) in [6, 6.07) is 0. The number of phosphoric ester groups is 2. The van der Waals surface area contributed by atoms with Crippen LogP contribution in [0.4, 0.5) is 0 Å². The van der Waals surface area contributed by atoms with Crippen molar-refractivity contribution in [3.05, 3.63) is 194 Å². The average molecular weight is 1840 g/mol. The molecule has 0 rings (SSSR count). The predicted octanol–water partition coefficient (Wildman–Crippen LogP) is 32.9. The molecule has 0 aliphatic carbocycles. The Balaban J connectivity index is 4.56. The Labute approximate surface area is 788 Å². The molecule has 0 fully saturated rings. The number of aliphatic hydroxyl groups excluding tert-OH is 2. The number of unbranched alkanes of at least 4 members (excludes halogenated alkanes) is 42. The van der Waals surface area contributed by atoms with Gasteiger partial charge < -0.3 is 34.2 Å². The number of hydrogen-bond acceptors (Lipinski definition) is 14. The lowest BCUT2D eigenvalue weighted by atomic mass is 10.0. The van der Waals surface area contributed by atoms with Gasteiger partial charge in [0.15, 0.2) is 6.10 Å². The Morgan fingerprint density at radius 3 is 0.651 bits per heavy atom. The van der Waals surface area contributed by atoms with Crippen molar-refractivity contribution in [1.82, 2.24) is 0 Å². The van der Waals surface area contributed by atoms with Crippen molar-refractivity contribution < 1.29 is 75.8 Å². The van der Waals surface area contributed by atoms with E-state index in [0.717, 1.165) is 180 Å². The van der Waals surface area contributed by atoms with Crippen molar-refractivity contribution in [3.8, 4) is 0 Å². The van der Waals surface area contributed by atoms with Crippen LogP contribution in [0.5, 0.6) is 0 Å². The van der Waals surface area contributed by atoms with E-state index in [1.807, 2.05) is 0 Å². The van der Waals surface area contributed by atoms with Crippen LogP contribution in [0.25, 0.3) is 0 Å². The normalized spacial score (nSPS) is 14.4. The molecule has 0 saturated carbocycles. The maximum Gasteiger partial charge on any atom is 0.472 e. The molecule has 4 N–H and O–H groups in total. The summed E-state index contributed by atoms with van der Waals surface area (Å²) in [5.74, 6) is -1.57. The standard InChI is InChI=1S/C111H188O16P2/c1-4-7-10-13-16-19-22-25-28-31-34-37-40-42-44-46-48-50-52-54-56-58-60-62-65-67-70-73-76-79-82-85-88-91-94-97-109(114)121-100-106(112)101-123-128(117,118)124-102-107(113)103-125-129(119,120)126-105-108(127-111(116)99-96-93-90-87-84-81-78-75-72-69-64-39-36-33-30-27-24-21-18-15-12-9-6-3)104-122-110(115)98-95-92-89-86-83-80-77-74-71-68-66-63-61-59-57-55-53-51-49-47-45-43-41-38-35-32-29-26-23-20-17-14-11-8-5-2/h7-8,10-11,16-21,25-30,34-39,42-45,48-51,69,72,106-108,112-113H,4-6,9,12-15,22-24,31-33,40-41,46-47,52-68,70-71,73-105H2,1-3H3,(H,117,118)(H,119,120)/b10-7-,11-8-,19-16-,20-17-,21-18-,28-25-,29-26-,30-27-,37-34-,38-35-,39-36-,44-42-,45-43-,50-48-,51-49-,72-69-. The Bertz CT molecular complexity index is 3130. The summed E-state index contributed by atoms with van der Waals surface area (Å²) in [7, 11) is -9.82. The molecule has 0 aliphatic heterocycles. The molecule has 0 aromatic rings. The predicted molar refractivity (Wildman–Crippen MR) is 546 cm³/mol. The summed E-state index contributed by atoms with van der Waals surface area (Å²) in [5, 5.41) is 20.8. The van der Waals surface area contributed by atoms with Crippen LogP contribution in [-0.4, -0.2) is 95.9 Å². The van der Waals surface area contributed by atoms with E-state index in [2.05, 4.69) is 215 Å². The third-order valence-electron chi connectivity index (χ3n) is 21.8. The van der Waals surface area contributed by atoms with Gasteiger partial charge in [-0.05, 0) is 167 Å². The van der Waals surface area contributed by atoms with Gasteiger partial charge in [-0.3, -0.25) is 32.5 Å². The first-order valence-corrected chi connectivity index (χ1v) is 54.7. The minimum absolute atomic E-state index is 0.0891. The molecule has 0 bridgehead atoms. The zero-order valence-electron chi connectivity index (χ0n) is 81.8. The second kappa shape index (κ2) is 101. The molecular weight excluding hydrogens is 1650 g/mol. The number of phosphoric acid groups is 2. The lowest BCUT2D eigenvalue weighted by molar-refractivity contribution is -0.161. The molecule has 0 spiro atoms. The van der Waals surface area contributed by atoms with Crippen LogP contribution >= 0.6 is 15.6 Å². The molecule has 0 heterocycles. The van der Waals surface area contributed by atoms with Crippen LogP contribution in [0.15, 0.2) is 194 Å². The van der Waals surface area contributed by atoms with Crippen LogP contribution in [0.2, 0.25) is 0 Å². The highest BCUT2D eigenvalue weighted by Crippen LogP contribution is 2.45. The van der Waals surface area contributed by atoms with Crippen molar-refractivity contribution in [2.24, 2.45) is 0 Å². The molecule has 0 radical (unpaired) electrons. The van der Waals surface area contributed by atoms with Crippen LogP contribution in [-0.2, 0) is 55.8 Å². The van der Waals surface area contributed by atoms with E-state index in [1.54, 1.807) is 0 Å². The molecule has 5 atom stereocenters. The summed E-state index contributed by atoms with van der Waals surface area (Å²) in [6.07, 6.45) is 136. The van der Waals surface area contributed by atoms with Gasteiger partial charge in [0.2, 0.25) is 0 Å². The quantitative estimate of drug-likeness (QED) is 0.0146. The van der Waals surface area contributed by atoms with Crippen LogP contribution in [0, 0.1) is 0 Å². The van der Waals surface area contributed by atoms with Gasteiger partial charge in [0.05, 0.1) is 26.4 Å². The smallest absolute Gasteiger partial charge is 0.463 e. The molecule has 5 unspecified atom stereocenters. The second-order valence-electron chi connectivity index (χ2n) is 34.2. The van der Waals surface area contributed by atoms with E-state index in [4.69, 9.17) is 32.3 Å². The Morgan fingerprint density at radius 1 is 0.225 bits per heavy atom. The van der Waals surface area contributed by atoms with Crippen LogP contribution < -0.4 is 0 Å². The van der Waals surface area contributed by atoms with E-state index in [-0.39, 0.29) is 19.3 Å². The van der Waals surface area contributed by atoms with Gasteiger partial charge in [0.1, 0.15) is 25.4 Å². The molecule has 738 valence electrons. The first-order chi connectivity index (χ1) is 63.2. The fourth-order valence-electron chi connectivity index (χ4n) is 14.0. The molecule has 18 heteroatoms. The third kappa shape index (κ3) is 103. The van der Waals surface area contributed by atoms with Gasteiger partial charge in [-0.25, -0.2) is 9.13 Å².